The van der Waals surface area contributed by atoms with Crippen LogP contribution < -0.4 is 5.32 Å². The number of rotatable bonds is 6. The molecule has 100 valence electrons. The van der Waals surface area contributed by atoms with Gasteiger partial charge in [0.1, 0.15) is 0 Å². The first-order valence-electron chi connectivity index (χ1n) is 7.59. The molecule has 0 radical (unpaired) electrons. The summed E-state index contributed by atoms with van der Waals surface area (Å²) in [6.45, 7) is 5.60. The van der Waals surface area contributed by atoms with Crippen LogP contribution in [0.15, 0.2) is 24.3 Å². The molecule has 0 spiro atoms. The normalized spacial score (nSPS) is 18.1. The number of aryl methyl sites for hydroxylation is 1. The van der Waals surface area contributed by atoms with Crippen LogP contribution in [-0.4, -0.2) is 6.54 Å². The van der Waals surface area contributed by atoms with Gasteiger partial charge in [-0.2, -0.15) is 0 Å². The second kappa shape index (κ2) is 6.94. The summed E-state index contributed by atoms with van der Waals surface area (Å²) >= 11 is 0. The van der Waals surface area contributed by atoms with Crippen molar-refractivity contribution in [2.45, 2.75) is 58.4 Å². The van der Waals surface area contributed by atoms with E-state index in [1.54, 1.807) is 0 Å². The predicted molar refractivity (Wildman–Crippen MR) is 78.8 cm³/mol. The van der Waals surface area contributed by atoms with Gasteiger partial charge in [-0.15, -0.1) is 0 Å². The molecule has 0 aliphatic heterocycles. The molecule has 18 heavy (non-hydrogen) atoms. The van der Waals surface area contributed by atoms with Gasteiger partial charge in [0.2, 0.25) is 0 Å². The first-order valence-corrected chi connectivity index (χ1v) is 7.59. The van der Waals surface area contributed by atoms with Crippen molar-refractivity contribution in [3.05, 3.63) is 35.4 Å². The van der Waals surface area contributed by atoms with Crippen molar-refractivity contribution in [3.8, 4) is 0 Å². The Morgan fingerprint density at radius 2 is 1.83 bits per heavy atom. The van der Waals surface area contributed by atoms with E-state index in [9.17, 15) is 0 Å². The minimum absolute atomic E-state index is 0.534. The van der Waals surface area contributed by atoms with Crippen LogP contribution in [0.25, 0.3) is 0 Å². The maximum atomic E-state index is 3.73. The van der Waals surface area contributed by atoms with E-state index < -0.39 is 0 Å². The van der Waals surface area contributed by atoms with E-state index >= 15 is 0 Å². The molecule has 1 atom stereocenters. The van der Waals surface area contributed by atoms with Gasteiger partial charge in [0.05, 0.1) is 0 Å². The first-order chi connectivity index (χ1) is 8.79. The molecule has 1 aromatic rings. The fraction of sp³-hybridized carbons (Fsp3) is 0.647. The summed E-state index contributed by atoms with van der Waals surface area (Å²) in [5.74, 6) is 0.994. The molecule has 1 aliphatic carbocycles. The van der Waals surface area contributed by atoms with E-state index in [4.69, 9.17) is 0 Å². The topological polar surface area (TPSA) is 12.0 Å². The Morgan fingerprint density at radius 3 is 2.44 bits per heavy atom. The highest BCUT2D eigenvalue weighted by Gasteiger charge is 2.15. The molecule has 1 aliphatic rings. The highest BCUT2D eigenvalue weighted by atomic mass is 14.9. The lowest BCUT2D eigenvalue weighted by atomic mass is 10.0. The number of nitrogens with one attached hydrogen (secondary N) is 1. The molecule has 0 heterocycles. The smallest absolute Gasteiger partial charge is 0.0317 e. The molecule has 1 heteroatoms. The van der Waals surface area contributed by atoms with Gasteiger partial charge in [0.15, 0.2) is 0 Å². The Balaban J connectivity index is 1.79. The van der Waals surface area contributed by atoms with Crippen molar-refractivity contribution in [2.24, 2.45) is 5.92 Å². The van der Waals surface area contributed by atoms with Crippen LogP contribution >= 0.6 is 0 Å². The molecule has 1 aromatic carbocycles. The van der Waals surface area contributed by atoms with Crippen molar-refractivity contribution in [2.75, 3.05) is 6.54 Å². The highest BCUT2D eigenvalue weighted by molar-refractivity contribution is 5.24. The highest BCUT2D eigenvalue weighted by Crippen LogP contribution is 2.27. The van der Waals surface area contributed by atoms with Gasteiger partial charge in [0, 0.05) is 6.04 Å². The van der Waals surface area contributed by atoms with Gasteiger partial charge >= 0.3 is 0 Å². The van der Waals surface area contributed by atoms with E-state index in [0.29, 0.717) is 6.04 Å². The van der Waals surface area contributed by atoms with Gasteiger partial charge in [-0.1, -0.05) is 62.4 Å². The van der Waals surface area contributed by atoms with Crippen molar-refractivity contribution < 1.29 is 0 Å². The van der Waals surface area contributed by atoms with Crippen LogP contribution in [0.5, 0.6) is 0 Å². The standard InChI is InChI=1S/C17H27N/c1-3-17(16-10-8-14(2)9-11-16)18-13-12-15-6-4-5-7-15/h8-11,15,17-18H,3-7,12-13H2,1-2H3. The van der Waals surface area contributed by atoms with Gasteiger partial charge in [-0.3, -0.25) is 0 Å². The summed E-state index contributed by atoms with van der Waals surface area (Å²) in [6.07, 6.45) is 8.38. The average molecular weight is 245 g/mol. The molecule has 1 nitrogen and oxygen atoms in total. The van der Waals surface area contributed by atoms with Crippen LogP contribution in [0.1, 0.15) is 62.6 Å². The van der Waals surface area contributed by atoms with Crippen LogP contribution in [0.4, 0.5) is 0 Å². The molecular formula is C17H27N. The Labute approximate surface area is 112 Å². The van der Waals surface area contributed by atoms with E-state index in [-0.39, 0.29) is 0 Å². The Kier molecular flexibility index (Phi) is 5.25. The lowest BCUT2D eigenvalue weighted by Gasteiger charge is -2.19. The fourth-order valence-corrected chi connectivity index (χ4v) is 3.06. The average Bonchev–Trinajstić information content (AvgIpc) is 2.89. The molecule has 1 N–H and O–H groups in total. The molecule has 1 saturated carbocycles. The molecule has 0 saturated heterocycles. The largest absolute Gasteiger partial charge is 0.310 e. The zero-order chi connectivity index (χ0) is 12.8. The summed E-state index contributed by atoms with van der Waals surface area (Å²) in [5.41, 5.74) is 2.79. The maximum Gasteiger partial charge on any atom is 0.0317 e. The summed E-state index contributed by atoms with van der Waals surface area (Å²) in [4.78, 5) is 0. The van der Waals surface area contributed by atoms with Crippen molar-refractivity contribution in [3.63, 3.8) is 0 Å². The Morgan fingerprint density at radius 1 is 1.17 bits per heavy atom. The van der Waals surface area contributed by atoms with Crippen molar-refractivity contribution >= 4 is 0 Å². The minimum Gasteiger partial charge on any atom is -0.310 e. The number of hydrogen-bond donors (Lipinski definition) is 1. The zero-order valence-corrected chi connectivity index (χ0v) is 11.9. The lowest BCUT2D eigenvalue weighted by molar-refractivity contribution is 0.438. The number of benzene rings is 1. The second-order valence-electron chi connectivity index (χ2n) is 5.76. The van der Waals surface area contributed by atoms with E-state index in [1.807, 2.05) is 0 Å². The third-order valence-corrected chi connectivity index (χ3v) is 4.31. The number of hydrogen-bond acceptors (Lipinski definition) is 1. The Hall–Kier alpha value is -0.820. The molecular weight excluding hydrogens is 218 g/mol. The molecule has 1 fully saturated rings. The molecule has 0 bridgehead atoms. The van der Waals surface area contributed by atoms with Gasteiger partial charge in [0.25, 0.3) is 0 Å². The van der Waals surface area contributed by atoms with Gasteiger partial charge in [-0.25, -0.2) is 0 Å². The molecule has 0 aromatic heterocycles. The predicted octanol–water partition coefficient (Wildman–Crippen LogP) is 4.62. The van der Waals surface area contributed by atoms with Gasteiger partial charge < -0.3 is 5.32 Å². The minimum atomic E-state index is 0.534. The molecule has 2 rings (SSSR count). The van der Waals surface area contributed by atoms with E-state index in [2.05, 4.69) is 43.4 Å². The molecule has 1 unspecified atom stereocenters. The van der Waals surface area contributed by atoms with Crippen LogP contribution in [-0.2, 0) is 0 Å². The summed E-state index contributed by atoms with van der Waals surface area (Å²) < 4.78 is 0. The van der Waals surface area contributed by atoms with Gasteiger partial charge in [-0.05, 0) is 37.8 Å². The summed E-state index contributed by atoms with van der Waals surface area (Å²) in [6, 6.07) is 9.51. The van der Waals surface area contributed by atoms with Crippen LogP contribution in [0.2, 0.25) is 0 Å². The fourth-order valence-electron chi connectivity index (χ4n) is 3.06. The summed E-state index contributed by atoms with van der Waals surface area (Å²) in [7, 11) is 0. The monoisotopic (exact) mass is 245 g/mol. The third kappa shape index (κ3) is 3.84. The maximum absolute atomic E-state index is 3.73. The SMILES string of the molecule is CCC(NCCC1CCCC1)c1ccc(C)cc1. The van der Waals surface area contributed by atoms with E-state index in [1.165, 1.54) is 56.2 Å². The second-order valence-corrected chi connectivity index (χ2v) is 5.76. The van der Waals surface area contributed by atoms with E-state index in [0.717, 1.165) is 5.92 Å². The Bertz CT molecular complexity index is 335. The quantitative estimate of drug-likeness (QED) is 0.771. The zero-order valence-electron chi connectivity index (χ0n) is 11.9. The molecule has 0 amide bonds. The first kappa shape index (κ1) is 13.6. The lowest BCUT2D eigenvalue weighted by Crippen LogP contribution is -2.23. The van der Waals surface area contributed by atoms with Crippen molar-refractivity contribution in [1.82, 2.24) is 5.32 Å². The van der Waals surface area contributed by atoms with Crippen LogP contribution in [0, 0.1) is 12.8 Å². The third-order valence-electron chi connectivity index (χ3n) is 4.31. The van der Waals surface area contributed by atoms with Crippen LogP contribution in [0.3, 0.4) is 0 Å². The summed E-state index contributed by atoms with van der Waals surface area (Å²) in [5, 5.41) is 3.73. The van der Waals surface area contributed by atoms with Crippen molar-refractivity contribution in [1.29, 1.82) is 0 Å².